The Morgan fingerprint density at radius 2 is 2.19 bits per heavy atom. The highest BCUT2D eigenvalue weighted by Crippen LogP contribution is 2.09. The molecule has 4 nitrogen and oxygen atoms in total. The van der Waals surface area contributed by atoms with Crippen molar-refractivity contribution in [1.82, 2.24) is 10.6 Å². The van der Waals surface area contributed by atoms with E-state index in [0.717, 1.165) is 32.4 Å². The zero-order valence-electron chi connectivity index (χ0n) is 12.5. The zero-order chi connectivity index (χ0) is 15.1. The maximum absolute atomic E-state index is 13.4. The third kappa shape index (κ3) is 5.10. The number of hydrogen-bond acceptors (Lipinski definition) is 3. The van der Waals surface area contributed by atoms with Crippen molar-refractivity contribution in [2.75, 3.05) is 26.2 Å². The highest BCUT2D eigenvalue weighted by Gasteiger charge is 2.12. The fourth-order valence-electron chi connectivity index (χ4n) is 2.32. The van der Waals surface area contributed by atoms with Crippen LogP contribution in [0.4, 0.5) is 4.39 Å². The van der Waals surface area contributed by atoms with Crippen LogP contribution in [0.1, 0.15) is 35.2 Å². The van der Waals surface area contributed by atoms with Crippen LogP contribution in [-0.2, 0) is 4.74 Å². The maximum atomic E-state index is 13.4. The number of amides is 1. The lowest BCUT2D eigenvalue weighted by molar-refractivity contribution is 0.0318. The predicted molar refractivity (Wildman–Crippen MR) is 79.9 cm³/mol. The van der Waals surface area contributed by atoms with E-state index < -0.39 is 0 Å². The van der Waals surface area contributed by atoms with Gasteiger partial charge in [-0.15, -0.1) is 0 Å². The van der Waals surface area contributed by atoms with Crippen molar-refractivity contribution in [2.45, 2.75) is 32.3 Å². The molecule has 1 heterocycles. The number of ether oxygens (including phenoxy) is 1. The van der Waals surface area contributed by atoms with Crippen molar-refractivity contribution in [1.29, 1.82) is 0 Å². The Labute approximate surface area is 125 Å². The number of nitrogens with one attached hydrogen (secondary N) is 2. The van der Waals surface area contributed by atoms with Crippen LogP contribution in [0.15, 0.2) is 18.2 Å². The number of carbonyl (C=O) groups is 1. The molecule has 1 aromatic rings. The molecule has 1 aliphatic rings. The number of rotatable bonds is 6. The van der Waals surface area contributed by atoms with Crippen LogP contribution in [0.5, 0.6) is 0 Å². The van der Waals surface area contributed by atoms with Crippen LogP contribution in [-0.4, -0.2) is 38.3 Å². The topological polar surface area (TPSA) is 50.4 Å². The molecule has 2 N–H and O–H groups in total. The summed E-state index contributed by atoms with van der Waals surface area (Å²) in [6.07, 6.45) is 3.21. The van der Waals surface area contributed by atoms with Crippen LogP contribution < -0.4 is 10.6 Å². The summed E-state index contributed by atoms with van der Waals surface area (Å²) >= 11 is 0. The molecule has 0 spiro atoms. The van der Waals surface area contributed by atoms with Gasteiger partial charge in [0.25, 0.3) is 5.91 Å². The van der Waals surface area contributed by atoms with E-state index in [2.05, 4.69) is 10.6 Å². The molecule has 21 heavy (non-hydrogen) atoms. The summed E-state index contributed by atoms with van der Waals surface area (Å²) in [5.74, 6) is -0.590. The molecule has 1 amide bonds. The van der Waals surface area contributed by atoms with E-state index >= 15 is 0 Å². The Bertz CT molecular complexity index is 473. The van der Waals surface area contributed by atoms with Crippen LogP contribution in [0.3, 0.4) is 0 Å². The average molecular weight is 294 g/mol. The lowest BCUT2D eigenvalue weighted by Crippen LogP contribution is -2.33. The normalized spacial score (nSPS) is 15.9. The van der Waals surface area contributed by atoms with Gasteiger partial charge in [0.2, 0.25) is 0 Å². The first kappa shape index (κ1) is 15.9. The lowest BCUT2D eigenvalue weighted by Gasteiger charge is -2.22. The standard InChI is InChI=1S/C16H23FN2O2/c1-12-3-4-13(11-15(12)17)16(20)19-7-2-10-21-14-5-8-18-9-6-14/h3-4,11,14,18H,2,5-10H2,1H3,(H,19,20). The van der Waals surface area contributed by atoms with Gasteiger partial charge < -0.3 is 15.4 Å². The van der Waals surface area contributed by atoms with E-state index in [1.54, 1.807) is 19.1 Å². The fourth-order valence-corrected chi connectivity index (χ4v) is 2.32. The smallest absolute Gasteiger partial charge is 0.251 e. The Morgan fingerprint density at radius 3 is 2.90 bits per heavy atom. The number of benzene rings is 1. The molecular formula is C16H23FN2O2. The lowest BCUT2D eigenvalue weighted by atomic mass is 10.1. The van der Waals surface area contributed by atoms with Crippen molar-refractivity contribution >= 4 is 5.91 Å². The van der Waals surface area contributed by atoms with Gasteiger partial charge in [-0.3, -0.25) is 4.79 Å². The monoisotopic (exact) mass is 294 g/mol. The second-order valence-electron chi connectivity index (χ2n) is 5.39. The molecule has 2 rings (SSSR count). The second-order valence-corrected chi connectivity index (χ2v) is 5.39. The minimum Gasteiger partial charge on any atom is -0.378 e. The van der Waals surface area contributed by atoms with Crippen LogP contribution in [0, 0.1) is 12.7 Å². The first-order valence-corrected chi connectivity index (χ1v) is 7.53. The number of aryl methyl sites for hydroxylation is 1. The van der Waals surface area contributed by atoms with E-state index in [0.29, 0.717) is 30.4 Å². The summed E-state index contributed by atoms with van der Waals surface area (Å²) < 4.78 is 19.1. The van der Waals surface area contributed by atoms with Crippen LogP contribution in [0.2, 0.25) is 0 Å². The van der Waals surface area contributed by atoms with Gasteiger partial charge >= 0.3 is 0 Å². The Hall–Kier alpha value is -1.46. The first-order chi connectivity index (χ1) is 10.2. The molecule has 5 heteroatoms. The summed E-state index contributed by atoms with van der Waals surface area (Å²) in [6.45, 7) is 4.89. The van der Waals surface area contributed by atoms with Gasteiger partial charge in [-0.05, 0) is 57.0 Å². The molecule has 0 unspecified atom stereocenters. The summed E-state index contributed by atoms with van der Waals surface area (Å²) in [6, 6.07) is 4.53. The van der Waals surface area contributed by atoms with Crippen LogP contribution >= 0.6 is 0 Å². The van der Waals surface area contributed by atoms with Crippen molar-refractivity contribution in [3.8, 4) is 0 Å². The third-order valence-electron chi connectivity index (χ3n) is 3.68. The first-order valence-electron chi connectivity index (χ1n) is 7.53. The highest BCUT2D eigenvalue weighted by atomic mass is 19.1. The molecule has 0 radical (unpaired) electrons. The maximum Gasteiger partial charge on any atom is 0.251 e. The number of carbonyl (C=O) groups excluding carboxylic acids is 1. The molecule has 1 saturated heterocycles. The minimum absolute atomic E-state index is 0.240. The van der Waals surface area contributed by atoms with E-state index in [1.165, 1.54) is 6.07 Å². The average Bonchev–Trinajstić information content (AvgIpc) is 2.50. The molecular weight excluding hydrogens is 271 g/mol. The van der Waals surface area contributed by atoms with E-state index in [4.69, 9.17) is 4.74 Å². The number of halogens is 1. The van der Waals surface area contributed by atoms with Gasteiger partial charge in [0.1, 0.15) is 5.82 Å². The van der Waals surface area contributed by atoms with Crippen molar-refractivity contribution in [3.63, 3.8) is 0 Å². The minimum atomic E-state index is -0.350. The molecule has 0 bridgehead atoms. The van der Waals surface area contributed by atoms with Gasteiger partial charge in [0.15, 0.2) is 0 Å². The molecule has 1 aromatic carbocycles. The van der Waals surface area contributed by atoms with Crippen molar-refractivity contribution < 1.29 is 13.9 Å². The van der Waals surface area contributed by atoms with E-state index in [9.17, 15) is 9.18 Å². The summed E-state index contributed by atoms with van der Waals surface area (Å²) in [7, 11) is 0. The summed E-state index contributed by atoms with van der Waals surface area (Å²) in [4.78, 5) is 11.8. The molecule has 0 aliphatic carbocycles. The van der Waals surface area contributed by atoms with E-state index in [-0.39, 0.29) is 11.7 Å². The molecule has 1 aliphatic heterocycles. The van der Waals surface area contributed by atoms with Gasteiger partial charge in [-0.2, -0.15) is 0 Å². The molecule has 116 valence electrons. The second kappa shape index (κ2) is 8.10. The Balaban J connectivity index is 1.63. The van der Waals surface area contributed by atoms with Gasteiger partial charge in [-0.1, -0.05) is 6.07 Å². The highest BCUT2D eigenvalue weighted by molar-refractivity contribution is 5.94. The molecule has 0 aromatic heterocycles. The molecule has 1 fully saturated rings. The Morgan fingerprint density at radius 1 is 1.43 bits per heavy atom. The summed E-state index contributed by atoms with van der Waals surface area (Å²) in [5.41, 5.74) is 0.902. The fraction of sp³-hybridized carbons (Fsp3) is 0.562. The molecule has 0 saturated carbocycles. The quantitative estimate of drug-likeness (QED) is 0.789. The van der Waals surface area contributed by atoms with Crippen molar-refractivity contribution in [2.24, 2.45) is 0 Å². The van der Waals surface area contributed by atoms with Gasteiger partial charge in [-0.25, -0.2) is 4.39 Å². The number of hydrogen-bond donors (Lipinski definition) is 2. The predicted octanol–water partition coefficient (Wildman–Crippen LogP) is 2.02. The van der Waals surface area contributed by atoms with Crippen LogP contribution in [0.25, 0.3) is 0 Å². The van der Waals surface area contributed by atoms with E-state index in [1.807, 2.05) is 0 Å². The van der Waals surface area contributed by atoms with Crippen molar-refractivity contribution in [3.05, 3.63) is 35.1 Å². The largest absolute Gasteiger partial charge is 0.378 e. The summed E-state index contributed by atoms with van der Waals surface area (Å²) in [5, 5.41) is 6.08. The van der Waals surface area contributed by atoms with Gasteiger partial charge in [0, 0.05) is 18.7 Å². The Kier molecular flexibility index (Phi) is 6.14. The third-order valence-corrected chi connectivity index (χ3v) is 3.68. The zero-order valence-corrected chi connectivity index (χ0v) is 12.5. The molecule has 0 atom stereocenters. The van der Waals surface area contributed by atoms with Gasteiger partial charge in [0.05, 0.1) is 6.10 Å². The number of piperidine rings is 1. The SMILES string of the molecule is Cc1ccc(C(=O)NCCCOC2CCNCC2)cc1F.